The van der Waals surface area contributed by atoms with Gasteiger partial charge in [0.15, 0.2) is 0 Å². The first kappa shape index (κ1) is 29.6. The highest BCUT2D eigenvalue weighted by atomic mass is 35.5. The van der Waals surface area contributed by atoms with Gasteiger partial charge in [-0.1, -0.05) is 60.1 Å². The van der Waals surface area contributed by atoms with Crippen LogP contribution in [0.3, 0.4) is 0 Å². The number of sulfonamides is 1. The topological polar surface area (TPSA) is 130 Å². The Morgan fingerprint density at radius 2 is 1.67 bits per heavy atom. The molecule has 206 valence electrons. The molecule has 2 amide bonds. The zero-order valence-corrected chi connectivity index (χ0v) is 23.3. The fourth-order valence-corrected chi connectivity index (χ4v) is 5.11. The first-order valence-corrected chi connectivity index (χ1v) is 14.2. The van der Waals surface area contributed by atoms with E-state index < -0.39 is 39.3 Å². The molecule has 0 saturated heterocycles. The lowest BCUT2D eigenvalue weighted by atomic mass is 10.0. The Bertz CT molecular complexity index is 1450. The Morgan fingerprint density at radius 3 is 2.23 bits per heavy atom. The number of nitro benzene ring substituents is 1. The van der Waals surface area contributed by atoms with E-state index in [0.29, 0.717) is 16.1 Å². The Balaban J connectivity index is 2.07. The van der Waals surface area contributed by atoms with Crippen LogP contribution in [0.25, 0.3) is 0 Å². The van der Waals surface area contributed by atoms with Crippen molar-refractivity contribution in [1.29, 1.82) is 0 Å². The molecule has 3 aromatic carbocycles. The van der Waals surface area contributed by atoms with Gasteiger partial charge in [0, 0.05) is 37.2 Å². The van der Waals surface area contributed by atoms with Gasteiger partial charge in [0.1, 0.15) is 12.6 Å². The van der Waals surface area contributed by atoms with E-state index in [4.69, 9.17) is 11.6 Å². The monoisotopic (exact) mass is 572 g/mol. The number of anilines is 1. The van der Waals surface area contributed by atoms with Crippen molar-refractivity contribution in [2.45, 2.75) is 25.9 Å². The number of non-ortho nitro benzene ring substituents is 1. The number of carbonyl (C=O) groups excluding carboxylic acids is 2. The van der Waals surface area contributed by atoms with Crippen LogP contribution in [0.4, 0.5) is 11.4 Å². The van der Waals surface area contributed by atoms with Gasteiger partial charge in [0.05, 0.1) is 16.9 Å². The number of aryl methyl sites for hydroxylation is 1. The molecule has 12 heteroatoms. The summed E-state index contributed by atoms with van der Waals surface area (Å²) in [6.07, 6.45) is 1.09. The van der Waals surface area contributed by atoms with Crippen LogP contribution in [-0.4, -0.2) is 55.9 Å². The maximum atomic E-state index is 13.9. The molecule has 0 aliphatic carbocycles. The molecule has 0 aromatic heterocycles. The number of likely N-dealkylation sites (N-methyl/N-ethyl adjacent to an activating group) is 1. The maximum Gasteiger partial charge on any atom is 0.271 e. The largest absolute Gasteiger partial charge is 0.357 e. The van der Waals surface area contributed by atoms with Gasteiger partial charge in [-0.25, -0.2) is 8.42 Å². The van der Waals surface area contributed by atoms with Gasteiger partial charge in [-0.05, 0) is 35.7 Å². The van der Waals surface area contributed by atoms with Crippen LogP contribution < -0.4 is 9.62 Å². The number of nitrogens with zero attached hydrogens (tertiary/aromatic N) is 3. The Morgan fingerprint density at radius 1 is 1.03 bits per heavy atom. The molecule has 1 N–H and O–H groups in total. The van der Waals surface area contributed by atoms with Crippen LogP contribution in [-0.2, 0) is 32.6 Å². The molecule has 3 rings (SSSR count). The van der Waals surface area contributed by atoms with Gasteiger partial charge < -0.3 is 10.2 Å². The quantitative estimate of drug-likeness (QED) is 0.275. The average molecular weight is 573 g/mol. The number of rotatable bonds is 11. The minimum atomic E-state index is -4.06. The normalized spacial score (nSPS) is 11.9. The molecule has 0 aliphatic rings. The van der Waals surface area contributed by atoms with Crippen LogP contribution in [0.5, 0.6) is 0 Å². The molecule has 1 unspecified atom stereocenters. The molecule has 0 spiro atoms. The zero-order chi connectivity index (χ0) is 28.7. The SMILES string of the molecule is CNC(=O)C(Cc1ccccc1)N(Cc1ccc(Cl)cc1)C(=O)CN(c1cc([N+](=O)[O-])ccc1C)S(C)(=O)=O. The molecule has 10 nitrogen and oxygen atoms in total. The summed E-state index contributed by atoms with van der Waals surface area (Å²) in [4.78, 5) is 39.1. The van der Waals surface area contributed by atoms with Crippen molar-refractivity contribution in [2.24, 2.45) is 0 Å². The minimum absolute atomic E-state index is 0.00560. The minimum Gasteiger partial charge on any atom is -0.357 e. The summed E-state index contributed by atoms with van der Waals surface area (Å²) < 4.78 is 26.6. The third kappa shape index (κ3) is 7.78. The van der Waals surface area contributed by atoms with Crippen molar-refractivity contribution < 1.29 is 22.9 Å². The Labute approximate surface area is 232 Å². The molecule has 0 heterocycles. The third-order valence-electron chi connectivity index (χ3n) is 6.14. The molecule has 1 atom stereocenters. The van der Waals surface area contributed by atoms with Gasteiger partial charge in [-0.2, -0.15) is 0 Å². The lowest BCUT2D eigenvalue weighted by Gasteiger charge is -2.33. The summed E-state index contributed by atoms with van der Waals surface area (Å²) in [6, 6.07) is 18.7. The summed E-state index contributed by atoms with van der Waals surface area (Å²) in [5.74, 6) is -1.09. The fourth-order valence-electron chi connectivity index (χ4n) is 4.08. The molecule has 3 aromatic rings. The summed E-state index contributed by atoms with van der Waals surface area (Å²) in [5, 5.41) is 14.5. The fraction of sp³-hybridized carbons (Fsp3) is 0.259. The van der Waals surface area contributed by atoms with Gasteiger partial charge in [-0.15, -0.1) is 0 Å². The van der Waals surface area contributed by atoms with Crippen LogP contribution in [0.15, 0.2) is 72.8 Å². The first-order valence-electron chi connectivity index (χ1n) is 11.9. The highest BCUT2D eigenvalue weighted by Crippen LogP contribution is 2.28. The number of nitro groups is 1. The summed E-state index contributed by atoms with van der Waals surface area (Å²) >= 11 is 6.02. The number of benzene rings is 3. The van der Waals surface area contributed by atoms with E-state index in [1.165, 1.54) is 24.1 Å². The van der Waals surface area contributed by atoms with E-state index in [1.807, 2.05) is 30.3 Å². The predicted octanol–water partition coefficient (Wildman–Crippen LogP) is 3.71. The number of hydrogen-bond acceptors (Lipinski definition) is 6. The number of nitrogens with one attached hydrogen (secondary N) is 1. The molecule has 0 radical (unpaired) electrons. The van der Waals surface area contributed by atoms with Crippen LogP contribution >= 0.6 is 11.6 Å². The lowest BCUT2D eigenvalue weighted by Crippen LogP contribution is -2.53. The average Bonchev–Trinajstić information content (AvgIpc) is 2.90. The predicted molar refractivity (Wildman–Crippen MR) is 150 cm³/mol. The molecule has 0 aliphatic heterocycles. The number of carbonyl (C=O) groups is 2. The molecule has 0 saturated carbocycles. The second-order valence-corrected chi connectivity index (χ2v) is 11.3. The van der Waals surface area contributed by atoms with Gasteiger partial charge >= 0.3 is 0 Å². The standard InChI is InChI=1S/C27H29ClN4O6S/c1-19-9-14-23(32(35)36)16-24(19)31(39(3,37)38)18-26(33)30(17-21-10-12-22(28)13-11-21)25(27(34)29-2)15-20-7-5-4-6-8-20/h4-14,16,25H,15,17-18H2,1-3H3,(H,29,34). The lowest BCUT2D eigenvalue weighted by molar-refractivity contribution is -0.384. The maximum absolute atomic E-state index is 13.9. The second kappa shape index (κ2) is 12.7. The van der Waals surface area contributed by atoms with Crippen LogP contribution in [0, 0.1) is 17.0 Å². The molecular weight excluding hydrogens is 544 g/mol. The zero-order valence-electron chi connectivity index (χ0n) is 21.7. The molecular formula is C27H29ClN4O6S. The highest BCUT2D eigenvalue weighted by Gasteiger charge is 2.33. The van der Waals surface area contributed by atoms with Crippen molar-refractivity contribution in [1.82, 2.24) is 10.2 Å². The van der Waals surface area contributed by atoms with E-state index in [2.05, 4.69) is 5.32 Å². The van der Waals surface area contributed by atoms with E-state index in [9.17, 15) is 28.1 Å². The smallest absolute Gasteiger partial charge is 0.271 e. The Hall–Kier alpha value is -3.96. The first-order chi connectivity index (χ1) is 18.4. The van der Waals surface area contributed by atoms with Crippen molar-refractivity contribution >= 4 is 44.8 Å². The Kier molecular flexibility index (Phi) is 9.66. The molecule has 0 bridgehead atoms. The van der Waals surface area contributed by atoms with E-state index in [1.54, 1.807) is 31.2 Å². The number of amides is 2. The van der Waals surface area contributed by atoms with Crippen LogP contribution in [0.2, 0.25) is 5.02 Å². The van der Waals surface area contributed by atoms with Crippen molar-refractivity contribution in [3.63, 3.8) is 0 Å². The molecule has 39 heavy (non-hydrogen) atoms. The van der Waals surface area contributed by atoms with E-state index >= 15 is 0 Å². The van der Waals surface area contributed by atoms with Crippen molar-refractivity contribution in [3.05, 3.63) is 105 Å². The van der Waals surface area contributed by atoms with Gasteiger partial charge in [-0.3, -0.25) is 24.0 Å². The highest BCUT2D eigenvalue weighted by molar-refractivity contribution is 7.92. The van der Waals surface area contributed by atoms with E-state index in [-0.39, 0.29) is 24.3 Å². The second-order valence-electron chi connectivity index (χ2n) is 8.97. The third-order valence-corrected chi connectivity index (χ3v) is 7.51. The van der Waals surface area contributed by atoms with Crippen molar-refractivity contribution in [3.8, 4) is 0 Å². The number of hydrogen-bond donors (Lipinski definition) is 1. The van der Waals surface area contributed by atoms with Gasteiger partial charge in [0.25, 0.3) is 5.69 Å². The molecule has 0 fully saturated rings. The summed E-state index contributed by atoms with van der Waals surface area (Å²) in [5.41, 5.74) is 1.59. The number of halogens is 1. The van der Waals surface area contributed by atoms with Gasteiger partial charge in [0.2, 0.25) is 21.8 Å². The van der Waals surface area contributed by atoms with Crippen molar-refractivity contribution in [2.75, 3.05) is 24.2 Å². The summed E-state index contributed by atoms with van der Waals surface area (Å²) in [6.45, 7) is 0.916. The van der Waals surface area contributed by atoms with E-state index in [0.717, 1.165) is 22.2 Å². The van der Waals surface area contributed by atoms with Crippen LogP contribution in [0.1, 0.15) is 16.7 Å². The summed E-state index contributed by atoms with van der Waals surface area (Å²) in [7, 11) is -2.60.